The van der Waals surface area contributed by atoms with Gasteiger partial charge < -0.3 is 9.64 Å². The molecule has 0 aromatic carbocycles. The van der Waals surface area contributed by atoms with Crippen molar-refractivity contribution in [1.82, 2.24) is 9.80 Å². The lowest BCUT2D eigenvalue weighted by Crippen LogP contribution is -2.35. The molecule has 4 rings (SSSR count). The molecule has 1 aliphatic carbocycles. The van der Waals surface area contributed by atoms with Crippen molar-refractivity contribution in [2.24, 2.45) is 0 Å². The molecule has 1 aromatic heterocycles. The molecular formula is C19H28N2O2S. The number of nitrogens with zero attached hydrogens (tertiary/aromatic N) is 2. The largest absolute Gasteiger partial charge is 0.441 e. The van der Waals surface area contributed by atoms with Gasteiger partial charge in [0, 0.05) is 36.3 Å². The third-order valence-corrected chi connectivity index (χ3v) is 7.18. The quantitative estimate of drug-likeness (QED) is 0.820. The molecule has 1 amide bonds. The molecule has 3 fully saturated rings. The van der Waals surface area contributed by atoms with Gasteiger partial charge >= 0.3 is 6.09 Å². The fourth-order valence-corrected chi connectivity index (χ4v) is 5.79. The molecule has 2 aliphatic heterocycles. The van der Waals surface area contributed by atoms with E-state index in [2.05, 4.69) is 17.0 Å². The minimum atomic E-state index is -0.231. The second-order valence-electron chi connectivity index (χ2n) is 7.82. The summed E-state index contributed by atoms with van der Waals surface area (Å²) in [4.78, 5) is 19.1. The molecule has 2 saturated heterocycles. The first kappa shape index (κ1) is 16.4. The van der Waals surface area contributed by atoms with Gasteiger partial charge in [-0.15, -0.1) is 11.3 Å². The van der Waals surface area contributed by atoms with Crippen LogP contribution in [0.1, 0.15) is 60.6 Å². The summed E-state index contributed by atoms with van der Waals surface area (Å²) in [6, 6.07) is 4.70. The summed E-state index contributed by atoms with van der Waals surface area (Å²) in [5, 5.41) is 0. The van der Waals surface area contributed by atoms with Crippen molar-refractivity contribution in [3.63, 3.8) is 0 Å². The predicted octanol–water partition coefficient (Wildman–Crippen LogP) is 4.21. The van der Waals surface area contributed by atoms with Crippen molar-refractivity contribution < 1.29 is 9.53 Å². The smallest absolute Gasteiger partial charge is 0.410 e. The van der Waals surface area contributed by atoms with Crippen LogP contribution in [-0.4, -0.2) is 48.2 Å². The van der Waals surface area contributed by atoms with E-state index in [1.165, 1.54) is 30.6 Å². The summed E-state index contributed by atoms with van der Waals surface area (Å²) in [5.74, 6) is 0.824. The van der Waals surface area contributed by atoms with Gasteiger partial charge in [0.15, 0.2) is 0 Å². The highest BCUT2D eigenvalue weighted by molar-refractivity contribution is 7.12. The molecule has 0 N–H and O–H groups in total. The Morgan fingerprint density at radius 3 is 2.79 bits per heavy atom. The molecule has 0 radical (unpaired) electrons. The average Bonchev–Trinajstić information content (AvgIpc) is 3.24. The first-order chi connectivity index (χ1) is 11.6. The van der Waals surface area contributed by atoms with Crippen molar-refractivity contribution in [2.75, 3.05) is 26.7 Å². The van der Waals surface area contributed by atoms with Gasteiger partial charge in [0.25, 0.3) is 0 Å². The summed E-state index contributed by atoms with van der Waals surface area (Å²) < 4.78 is 5.72. The maximum Gasteiger partial charge on any atom is 0.410 e. The Labute approximate surface area is 148 Å². The van der Waals surface area contributed by atoms with Crippen LogP contribution in [0.2, 0.25) is 0 Å². The Balaban J connectivity index is 1.35. The van der Waals surface area contributed by atoms with Gasteiger partial charge in [-0.25, -0.2) is 4.79 Å². The summed E-state index contributed by atoms with van der Waals surface area (Å²) in [5.41, 5.74) is -0.231. The van der Waals surface area contributed by atoms with Gasteiger partial charge in [-0.2, -0.15) is 0 Å². The number of hydrogen-bond acceptors (Lipinski definition) is 4. The van der Waals surface area contributed by atoms with Gasteiger partial charge in [0.1, 0.15) is 5.60 Å². The molecule has 4 nitrogen and oxygen atoms in total. The number of hydrogen-bond donors (Lipinski definition) is 0. The Morgan fingerprint density at radius 2 is 2.04 bits per heavy atom. The zero-order chi connectivity index (χ0) is 16.6. The number of thiophene rings is 1. The molecule has 0 bridgehead atoms. The average molecular weight is 349 g/mol. The second kappa shape index (κ2) is 6.68. The molecule has 3 heterocycles. The van der Waals surface area contributed by atoms with Crippen LogP contribution in [0.15, 0.2) is 12.1 Å². The highest BCUT2D eigenvalue weighted by Crippen LogP contribution is 2.38. The van der Waals surface area contributed by atoms with Crippen molar-refractivity contribution >= 4 is 17.4 Å². The SMILES string of the molecule is CN1CC2(CCCN(Cc3ccc(C4CCCC4)s3)CC2)OC1=O. The highest BCUT2D eigenvalue weighted by atomic mass is 32.1. The highest BCUT2D eigenvalue weighted by Gasteiger charge is 2.44. The first-order valence-electron chi connectivity index (χ1n) is 9.39. The molecule has 1 unspecified atom stereocenters. The van der Waals surface area contributed by atoms with E-state index in [0.717, 1.165) is 51.4 Å². The lowest BCUT2D eigenvalue weighted by atomic mass is 9.95. The number of likely N-dealkylation sites (tertiary alicyclic amines) is 1. The van der Waals surface area contributed by atoms with Crippen LogP contribution in [0.4, 0.5) is 4.79 Å². The van der Waals surface area contributed by atoms with Crippen molar-refractivity contribution in [2.45, 2.75) is 63.0 Å². The lowest BCUT2D eigenvalue weighted by molar-refractivity contribution is 0.0443. The summed E-state index contributed by atoms with van der Waals surface area (Å²) in [7, 11) is 1.84. The van der Waals surface area contributed by atoms with E-state index in [1.807, 2.05) is 18.4 Å². The molecule has 1 spiro atoms. The molecule has 3 aliphatic rings. The lowest BCUT2D eigenvalue weighted by Gasteiger charge is -2.25. The topological polar surface area (TPSA) is 32.8 Å². The van der Waals surface area contributed by atoms with Gasteiger partial charge in [-0.05, 0) is 50.3 Å². The van der Waals surface area contributed by atoms with Gasteiger partial charge in [0.05, 0.1) is 6.54 Å². The summed E-state index contributed by atoms with van der Waals surface area (Å²) >= 11 is 2.02. The summed E-state index contributed by atoms with van der Waals surface area (Å²) in [6.45, 7) is 3.94. The fourth-order valence-electron chi connectivity index (χ4n) is 4.56. The van der Waals surface area contributed by atoms with Crippen LogP contribution < -0.4 is 0 Å². The van der Waals surface area contributed by atoms with E-state index in [-0.39, 0.29) is 11.7 Å². The second-order valence-corrected chi connectivity index (χ2v) is 9.02. The molecule has 132 valence electrons. The third-order valence-electron chi connectivity index (χ3n) is 5.95. The van der Waals surface area contributed by atoms with E-state index < -0.39 is 0 Å². The Morgan fingerprint density at radius 1 is 1.21 bits per heavy atom. The minimum Gasteiger partial charge on any atom is -0.441 e. The maximum absolute atomic E-state index is 11.8. The van der Waals surface area contributed by atoms with Crippen molar-refractivity contribution in [3.8, 4) is 0 Å². The van der Waals surface area contributed by atoms with Crippen LogP contribution >= 0.6 is 11.3 Å². The van der Waals surface area contributed by atoms with E-state index in [9.17, 15) is 4.79 Å². The number of carbonyl (C=O) groups excluding carboxylic acids is 1. The van der Waals surface area contributed by atoms with Crippen LogP contribution in [0.25, 0.3) is 0 Å². The number of ether oxygens (including phenoxy) is 1. The zero-order valence-electron chi connectivity index (χ0n) is 14.6. The number of rotatable bonds is 3. The molecule has 1 saturated carbocycles. The summed E-state index contributed by atoms with van der Waals surface area (Å²) in [6.07, 6.45) is 8.49. The number of likely N-dealkylation sites (N-methyl/N-ethyl adjacent to an activating group) is 1. The Kier molecular flexibility index (Phi) is 4.56. The van der Waals surface area contributed by atoms with E-state index >= 15 is 0 Å². The maximum atomic E-state index is 11.8. The standard InChI is InChI=1S/C19H28N2O2S/c1-20-14-19(23-18(20)22)9-4-11-21(12-10-19)13-16-7-8-17(24-16)15-5-2-3-6-15/h7-8,15H,2-6,9-14H2,1H3. The zero-order valence-corrected chi connectivity index (χ0v) is 15.4. The number of amides is 1. The predicted molar refractivity (Wildman–Crippen MR) is 96.5 cm³/mol. The molecule has 1 atom stereocenters. The molecular weight excluding hydrogens is 320 g/mol. The first-order valence-corrected chi connectivity index (χ1v) is 10.2. The monoisotopic (exact) mass is 348 g/mol. The van der Waals surface area contributed by atoms with Crippen molar-refractivity contribution in [1.29, 1.82) is 0 Å². The van der Waals surface area contributed by atoms with Gasteiger partial charge in [-0.1, -0.05) is 12.8 Å². The molecule has 24 heavy (non-hydrogen) atoms. The minimum absolute atomic E-state index is 0.150. The van der Waals surface area contributed by atoms with E-state index in [4.69, 9.17) is 4.74 Å². The number of carbonyl (C=O) groups is 1. The van der Waals surface area contributed by atoms with E-state index in [0.29, 0.717) is 0 Å². The Hall–Kier alpha value is -1.07. The fraction of sp³-hybridized carbons (Fsp3) is 0.737. The normalized spacial score (nSPS) is 29.4. The Bertz CT molecular complexity index is 596. The van der Waals surface area contributed by atoms with Crippen LogP contribution in [0.5, 0.6) is 0 Å². The van der Waals surface area contributed by atoms with Crippen LogP contribution in [-0.2, 0) is 11.3 Å². The van der Waals surface area contributed by atoms with Crippen LogP contribution in [0.3, 0.4) is 0 Å². The molecule has 1 aromatic rings. The third kappa shape index (κ3) is 3.33. The van der Waals surface area contributed by atoms with Crippen molar-refractivity contribution in [3.05, 3.63) is 21.9 Å². The van der Waals surface area contributed by atoms with Crippen LogP contribution in [0, 0.1) is 0 Å². The van der Waals surface area contributed by atoms with Gasteiger partial charge in [-0.3, -0.25) is 4.90 Å². The van der Waals surface area contributed by atoms with E-state index in [1.54, 1.807) is 9.78 Å². The molecule has 5 heteroatoms. The van der Waals surface area contributed by atoms with Gasteiger partial charge in [0.2, 0.25) is 0 Å².